The van der Waals surface area contributed by atoms with Gasteiger partial charge in [0, 0.05) is 0 Å². The molecule has 0 heterocycles. The van der Waals surface area contributed by atoms with E-state index < -0.39 is 0 Å². The average Bonchev–Trinajstić information content (AvgIpc) is 2.45. The predicted molar refractivity (Wildman–Crippen MR) is 93.4 cm³/mol. The first-order valence-electron chi connectivity index (χ1n) is 9.31. The topological polar surface area (TPSA) is 9.23 Å². The number of ether oxygens (including phenoxy) is 1. The summed E-state index contributed by atoms with van der Waals surface area (Å²) in [5.74, 6) is 1.87. The molecule has 0 aliphatic heterocycles. The van der Waals surface area contributed by atoms with E-state index in [1.807, 2.05) is 19.1 Å². The van der Waals surface area contributed by atoms with Crippen molar-refractivity contribution in [2.24, 2.45) is 11.8 Å². The van der Waals surface area contributed by atoms with Crippen LogP contribution in [0.25, 0.3) is 0 Å². The summed E-state index contributed by atoms with van der Waals surface area (Å²) in [6.07, 6.45) is 15.6. The Balaban J connectivity index is 1.48. The van der Waals surface area contributed by atoms with E-state index in [0.29, 0.717) is 12.4 Å². The summed E-state index contributed by atoms with van der Waals surface area (Å²) in [4.78, 5) is 0. The lowest BCUT2D eigenvalue weighted by molar-refractivity contribution is 0.216. The number of halogens is 1. The first-order valence-corrected chi connectivity index (χ1v) is 9.31. The van der Waals surface area contributed by atoms with Crippen molar-refractivity contribution in [3.8, 4) is 5.75 Å². The summed E-state index contributed by atoms with van der Waals surface area (Å²) in [6.45, 7) is 2.52. The van der Waals surface area contributed by atoms with Crippen LogP contribution >= 0.6 is 0 Å². The summed E-state index contributed by atoms with van der Waals surface area (Å²) in [5.41, 5.74) is 1.86. The van der Waals surface area contributed by atoms with Gasteiger partial charge in [-0.3, -0.25) is 0 Å². The van der Waals surface area contributed by atoms with Gasteiger partial charge in [0.25, 0.3) is 0 Å². The molecule has 0 N–H and O–H groups in total. The number of allylic oxidation sites excluding steroid dienone is 2. The number of benzene rings is 1. The number of hydrogen-bond acceptors (Lipinski definition) is 1. The molecular weight excluding hydrogens is 287 g/mol. The van der Waals surface area contributed by atoms with Gasteiger partial charge >= 0.3 is 0 Å². The van der Waals surface area contributed by atoms with Crippen LogP contribution in [0.3, 0.4) is 0 Å². The summed E-state index contributed by atoms with van der Waals surface area (Å²) in [5, 5.41) is 0. The molecule has 0 radical (unpaired) electrons. The minimum atomic E-state index is -0.168. The Kier molecular flexibility index (Phi) is 5.75. The molecule has 126 valence electrons. The molecule has 1 aromatic carbocycles. The fourth-order valence-corrected chi connectivity index (χ4v) is 3.36. The SMILES string of the molecule is Cc1c(CC/C=C/C2CCC2)ccc(OCCC2CCC2)c1F. The Hall–Kier alpha value is -1.31. The second kappa shape index (κ2) is 7.99. The maximum absolute atomic E-state index is 14.4. The minimum Gasteiger partial charge on any atom is -0.490 e. The quantitative estimate of drug-likeness (QED) is 0.535. The maximum Gasteiger partial charge on any atom is 0.168 e. The fraction of sp³-hybridized carbons (Fsp3) is 0.619. The fourth-order valence-electron chi connectivity index (χ4n) is 3.36. The third-order valence-electron chi connectivity index (χ3n) is 5.61. The van der Waals surface area contributed by atoms with Crippen molar-refractivity contribution < 1.29 is 9.13 Å². The highest BCUT2D eigenvalue weighted by atomic mass is 19.1. The third-order valence-corrected chi connectivity index (χ3v) is 5.61. The van der Waals surface area contributed by atoms with Crippen molar-refractivity contribution in [3.05, 3.63) is 41.2 Å². The van der Waals surface area contributed by atoms with Crippen LogP contribution in [-0.4, -0.2) is 6.61 Å². The van der Waals surface area contributed by atoms with Crippen molar-refractivity contribution >= 4 is 0 Å². The van der Waals surface area contributed by atoms with E-state index in [1.54, 1.807) is 0 Å². The number of hydrogen-bond donors (Lipinski definition) is 0. The van der Waals surface area contributed by atoms with Gasteiger partial charge in [-0.25, -0.2) is 4.39 Å². The Morgan fingerprint density at radius 3 is 2.61 bits per heavy atom. The molecule has 0 amide bonds. The van der Waals surface area contributed by atoms with Crippen LogP contribution in [0.1, 0.15) is 62.5 Å². The Morgan fingerprint density at radius 2 is 1.96 bits per heavy atom. The van der Waals surface area contributed by atoms with Crippen LogP contribution in [0.2, 0.25) is 0 Å². The van der Waals surface area contributed by atoms with E-state index in [0.717, 1.165) is 42.2 Å². The molecule has 2 aliphatic carbocycles. The van der Waals surface area contributed by atoms with Gasteiger partial charge in [-0.2, -0.15) is 0 Å². The summed E-state index contributed by atoms with van der Waals surface area (Å²) in [6, 6.07) is 3.85. The second-order valence-corrected chi connectivity index (χ2v) is 7.25. The Labute approximate surface area is 139 Å². The van der Waals surface area contributed by atoms with Crippen LogP contribution in [0.15, 0.2) is 24.3 Å². The van der Waals surface area contributed by atoms with Gasteiger partial charge in [-0.15, -0.1) is 0 Å². The third kappa shape index (κ3) is 4.37. The second-order valence-electron chi connectivity index (χ2n) is 7.25. The molecule has 3 rings (SSSR count). The van der Waals surface area contributed by atoms with Crippen LogP contribution in [0.4, 0.5) is 4.39 Å². The minimum absolute atomic E-state index is 0.168. The zero-order valence-corrected chi connectivity index (χ0v) is 14.3. The largest absolute Gasteiger partial charge is 0.490 e. The van der Waals surface area contributed by atoms with E-state index >= 15 is 0 Å². The highest BCUT2D eigenvalue weighted by Crippen LogP contribution is 2.30. The van der Waals surface area contributed by atoms with Gasteiger partial charge in [0.05, 0.1) is 6.61 Å². The lowest BCUT2D eigenvalue weighted by atomic mass is 9.83. The van der Waals surface area contributed by atoms with E-state index in [1.165, 1.54) is 38.5 Å². The molecule has 1 nitrogen and oxygen atoms in total. The van der Waals surface area contributed by atoms with Gasteiger partial charge in [0.2, 0.25) is 0 Å². The van der Waals surface area contributed by atoms with E-state index in [-0.39, 0.29) is 5.82 Å². The maximum atomic E-state index is 14.4. The van der Waals surface area contributed by atoms with Crippen molar-refractivity contribution in [3.63, 3.8) is 0 Å². The van der Waals surface area contributed by atoms with E-state index in [4.69, 9.17) is 4.74 Å². The van der Waals surface area contributed by atoms with Gasteiger partial charge in [0.1, 0.15) is 0 Å². The average molecular weight is 316 g/mol. The van der Waals surface area contributed by atoms with Crippen LogP contribution in [0, 0.1) is 24.6 Å². The van der Waals surface area contributed by atoms with Crippen molar-refractivity contribution in [2.75, 3.05) is 6.61 Å². The standard InChI is InChI=1S/C21H29FO/c1-16-19(11-3-2-6-17-7-4-8-17)12-13-20(21(16)22)23-15-14-18-9-5-10-18/h2,6,12-13,17-18H,3-5,7-11,14-15H2,1H3/b6-2+. The van der Waals surface area contributed by atoms with Gasteiger partial charge in [0.15, 0.2) is 11.6 Å². The predicted octanol–water partition coefficient (Wildman–Crippen LogP) is 5.99. The highest BCUT2D eigenvalue weighted by molar-refractivity contribution is 5.37. The Morgan fingerprint density at radius 1 is 1.17 bits per heavy atom. The molecule has 0 aromatic heterocycles. The molecule has 2 heteroatoms. The van der Waals surface area contributed by atoms with Crippen LogP contribution < -0.4 is 4.74 Å². The highest BCUT2D eigenvalue weighted by Gasteiger charge is 2.18. The van der Waals surface area contributed by atoms with Crippen molar-refractivity contribution in [2.45, 2.75) is 64.7 Å². The van der Waals surface area contributed by atoms with Crippen molar-refractivity contribution in [1.82, 2.24) is 0 Å². The molecule has 2 aliphatic rings. The van der Waals surface area contributed by atoms with Crippen molar-refractivity contribution in [1.29, 1.82) is 0 Å². The molecule has 0 bridgehead atoms. The zero-order valence-electron chi connectivity index (χ0n) is 14.3. The zero-order chi connectivity index (χ0) is 16.1. The summed E-state index contributed by atoms with van der Waals surface area (Å²) >= 11 is 0. The molecule has 2 fully saturated rings. The molecule has 0 saturated heterocycles. The van der Waals surface area contributed by atoms with Gasteiger partial charge in [-0.05, 0) is 68.1 Å². The smallest absolute Gasteiger partial charge is 0.168 e. The molecule has 0 atom stereocenters. The summed E-state index contributed by atoms with van der Waals surface area (Å²) < 4.78 is 20.1. The molecule has 1 aromatic rings. The molecule has 2 saturated carbocycles. The Bertz CT molecular complexity index is 541. The lowest BCUT2D eigenvalue weighted by Crippen LogP contribution is -2.14. The van der Waals surface area contributed by atoms with Crippen LogP contribution in [0.5, 0.6) is 5.75 Å². The number of rotatable bonds is 8. The number of aryl methyl sites for hydroxylation is 1. The monoisotopic (exact) mass is 316 g/mol. The van der Waals surface area contributed by atoms with E-state index in [2.05, 4.69) is 12.2 Å². The van der Waals surface area contributed by atoms with E-state index in [9.17, 15) is 4.39 Å². The van der Waals surface area contributed by atoms with Gasteiger partial charge in [-0.1, -0.05) is 43.9 Å². The molecule has 23 heavy (non-hydrogen) atoms. The normalized spacial score (nSPS) is 18.9. The molecule has 0 unspecified atom stereocenters. The molecule has 0 spiro atoms. The van der Waals surface area contributed by atoms with Gasteiger partial charge < -0.3 is 4.74 Å². The first-order chi connectivity index (χ1) is 11.2. The molecular formula is C21H29FO. The lowest BCUT2D eigenvalue weighted by Gasteiger charge is -2.25. The first kappa shape index (κ1) is 16.5. The van der Waals surface area contributed by atoms with Crippen LogP contribution in [-0.2, 0) is 6.42 Å². The summed E-state index contributed by atoms with van der Waals surface area (Å²) in [7, 11) is 0.